The van der Waals surface area contributed by atoms with Gasteiger partial charge in [-0.1, -0.05) is 36.8 Å². The summed E-state index contributed by atoms with van der Waals surface area (Å²) in [6, 6.07) is 10.6. The van der Waals surface area contributed by atoms with Crippen molar-refractivity contribution < 1.29 is 5.11 Å². The molecule has 0 bridgehead atoms. The van der Waals surface area contributed by atoms with E-state index in [1.807, 2.05) is 6.07 Å². The zero-order valence-corrected chi connectivity index (χ0v) is 9.73. The van der Waals surface area contributed by atoms with E-state index in [1.54, 1.807) is 0 Å². The Morgan fingerprint density at radius 3 is 2.56 bits per heavy atom. The largest absolute Gasteiger partial charge is 0.395 e. The maximum atomic E-state index is 9.33. The van der Waals surface area contributed by atoms with Gasteiger partial charge < -0.3 is 10.4 Å². The third-order valence-corrected chi connectivity index (χ3v) is 3.47. The monoisotopic (exact) mass is 219 g/mol. The van der Waals surface area contributed by atoms with Crippen LogP contribution >= 0.6 is 0 Å². The van der Waals surface area contributed by atoms with Crippen LogP contribution in [0.3, 0.4) is 0 Å². The third kappa shape index (κ3) is 3.32. The molecule has 0 amide bonds. The summed E-state index contributed by atoms with van der Waals surface area (Å²) in [7, 11) is 0. The molecule has 1 aliphatic rings. The van der Waals surface area contributed by atoms with Crippen LogP contribution in [-0.4, -0.2) is 24.3 Å². The average Bonchev–Trinajstić information content (AvgIpc) is 2.27. The van der Waals surface area contributed by atoms with Crippen molar-refractivity contribution in [1.82, 2.24) is 5.32 Å². The van der Waals surface area contributed by atoms with E-state index >= 15 is 0 Å². The fourth-order valence-electron chi connectivity index (χ4n) is 2.13. The van der Waals surface area contributed by atoms with Gasteiger partial charge in [-0.3, -0.25) is 0 Å². The maximum Gasteiger partial charge on any atom is 0.0587 e. The lowest BCUT2D eigenvalue weighted by Crippen LogP contribution is -2.39. The second kappa shape index (κ2) is 6.02. The molecule has 2 rings (SSSR count). The highest BCUT2D eigenvalue weighted by Crippen LogP contribution is 2.25. The van der Waals surface area contributed by atoms with Crippen LogP contribution in [-0.2, 0) is 6.42 Å². The van der Waals surface area contributed by atoms with E-state index in [-0.39, 0.29) is 12.6 Å². The first-order valence-electron chi connectivity index (χ1n) is 6.26. The van der Waals surface area contributed by atoms with Gasteiger partial charge in [0.2, 0.25) is 0 Å². The quantitative estimate of drug-likeness (QED) is 0.767. The molecule has 2 heteroatoms. The summed E-state index contributed by atoms with van der Waals surface area (Å²) in [4.78, 5) is 0. The number of hydrogen-bond acceptors (Lipinski definition) is 2. The van der Waals surface area contributed by atoms with Crippen molar-refractivity contribution in [1.29, 1.82) is 0 Å². The van der Waals surface area contributed by atoms with Crippen LogP contribution in [0.25, 0.3) is 0 Å². The first-order chi connectivity index (χ1) is 7.88. The maximum absolute atomic E-state index is 9.33. The Bertz CT molecular complexity index is 295. The number of aliphatic hydroxyl groups is 1. The summed E-state index contributed by atoms with van der Waals surface area (Å²) in [5, 5.41) is 12.8. The van der Waals surface area contributed by atoms with Gasteiger partial charge >= 0.3 is 0 Å². The summed E-state index contributed by atoms with van der Waals surface area (Å²) in [6.07, 6.45) is 5.02. The predicted molar refractivity (Wildman–Crippen MR) is 66.4 cm³/mol. The van der Waals surface area contributed by atoms with Gasteiger partial charge in [0.05, 0.1) is 6.61 Å². The molecular weight excluding hydrogens is 198 g/mol. The number of rotatable bonds is 6. The lowest BCUT2D eigenvalue weighted by molar-refractivity contribution is 0.220. The molecule has 1 aliphatic carbocycles. The van der Waals surface area contributed by atoms with Crippen molar-refractivity contribution in [2.45, 2.75) is 31.7 Å². The van der Waals surface area contributed by atoms with E-state index in [0.717, 1.165) is 18.9 Å². The number of hydrogen-bond donors (Lipinski definition) is 2. The van der Waals surface area contributed by atoms with Crippen LogP contribution in [0.1, 0.15) is 24.8 Å². The molecule has 1 fully saturated rings. The Balaban J connectivity index is 1.76. The highest BCUT2D eigenvalue weighted by molar-refractivity contribution is 5.15. The van der Waals surface area contributed by atoms with Gasteiger partial charge in [-0.2, -0.15) is 0 Å². The summed E-state index contributed by atoms with van der Waals surface area (Å²) in [6.45, 7) is 1.29. The Morgan fingerprint density at radius 2 is 2.00 bits per heavy atom. The molecule has 88 valence electrons. The highest BCUT2D eigenvalue weighted by atomic mass is 16.3. The molecule has 0 aliphatic heterocycles. The summed E-state index contributed by atoms with van der Waals surface area (Å²) in [5.74, 6) is 0.852. The molecule has 0 heterocycles. The fourth-order valence-corrected chi connectivity index (χ4v) is 2.13. The molecule has 0 spiro atoms. The molecule has 1 atom stereocenters. The van der Waals surface area contributed by atoms with E-state index in [1.165, 1.54) is 24.8 Å². The van der Waals surface area contributed by atoms with Gasteiger partial charge in [0.25, 0.3) is 0 Å². The molecule has 16 heavy (non-hydrogen) atoms. The number of aliphatic hydroxyl groups excluding tert-OH is 1. The molecule has 0 aromatic heterocycles. The van der Waals surface area contributed by atoms with Crippen molar-refractivity contribution in [3.63, 3.8) is 0 Å². The van der Waals surface area contributed by atoms with E-state index in [2.05, 4.69) is 29.6 Å². The molecule has 0 saturated heterocycles. The van der Waals surface area contributed by atoms with Crippen molar-refractivity contribution >= 4 is 0 Å². The van der Waals surface area contributed by atoms with Gasteiger partial charge in [0, 0.05) is 6.04 Å². The minimum Gasteiger partial charge on any atom is -0.395 e. The first kappa shape index (κ1) is 11.6. The van der Waals surface area contributed by atoms with Crippen LogP contribution in [0.5, 0.6) is 0 Å². The molecule has 0 radical (unpaired) electrons. The zero-order chi connectivity index (χ0) is 11.2. The van der Waals surface area contributed by atoms with Gasteiger partial charge in [-0.05, 0) is 37.3 Å². The van der Waals surface area contributed by atoms with E-state index < -0.39 is 0 Å². The van der Waals surface area contributed by atoms with Crippen molar-refractivity contribution in [2.24, 2.45) is 5.92 Å². The Kier molecular flexibility index (Phi) is 4.37. The van der Waals surface area contributed by atoms with Crippen LogP contribution in [0.4, 0.5) is 0 Å². The fraction of sp³-hybridized carbons (Fsp3) is 0.571. The standard InChI is InChI=1S/C14H21NO/c16-11-14(15-10-13-7-4-8-13)9-12-5-2-1-3-6-12/h1-3,5-6,13-16H,4,7-11H2/t14-/m1/s1. The molecule has 2 nitrogen and oxygen atoms in total. The zero-order valence-electron chi connectivity index (χ0n) is 9.73. The second-order valence-electron chi connectivity index (χ2n) is 4.77. The summed E-state index contributed by atoms with van der Waals surface area (Å²) >= 11 is 0. The third-order valence-electron chi connectivity index (χ3n) is 3.47. The molecule has 1 saturated carbocycles. The topological polar surface area (TPSA) is 32.3 Å². The van der Waals surface area contributed by atoms with Gasteiger partial charge in [-0.25, -0.2) is 0 Å². The Labute approximate surface area is 97.7 Å². The molecule has 0 unspecified atom stereocenters. The van der Waals surface area contributed by atoms with Crippen LogP contribution in [0, 0.1) is 5.92 Å². The average molecular weight is 219 g/mol. The van der Waals surface area contributed by atoms with Crippen molar-refractivity contribution in [3.8, 4) is 0 Å². The lowest BCUT2D eigenvalue weighted by Gasteiger charge is -2.28. The van der Waals surface area contributed by atoms with Crippen molar-refractivity contribution in [3.05, 3.63) is 35.9 Å². The van der Waals surface area contributed by atoms with Crippen LogP contribution in [0.2, 0.25) is 0 Å². The predicted octanol–water partition coefficient (Wildman–Crippen LogP) is 1.98. The Morgan fingerprint density at radius 1 is 1.25 bits per heavy atom. The molecule has 1 aromatic rings. The number of nitrogens with one attached hydrogen (secondary N) is 1. The summed E-state index contributed by atoms with van der Waals surface area (Å²) in [5.41, 5.74) is 1.29. The number of benzene rings is 1. The first-order valence-corrected chi connectivity index (χ1v) is 6.26. The highest BCUT2D eigenvalue weighted by Gasteiger charge is 2.18. The van der Waals surface area contributed by atoms with E-state index in [9.17, 15) is 5.11 Å². The van der Waals surface area contributed by atoms with Gasteiger partial charge in [0.1, 0.15) is 0 Å². The van der Waals surface area contributed by atoms with Crippen molar-refractivity contribution in [2.75, 3.05) is 13.2 Å². The van der Waals surface area contributed by atoms with Gasteiger partial charge in [-0.15, -0.1) is 0 Å². The Hall–Kier alpha value is -0.860. The molecule has 2 N–H and O–H groups in total. The second-order valence-corrected chi connectivity index (χ2v) is 4.77. The van der Waals surface area contributed by atoms with E-state index in [0.29, 0.717) is 0 Å². The SMILES string of the molecule is OC[C@@H](Cc1ccccc1)NCC1CCC1. The molecular formula is C14H21NO. The minimum atomic E-state index is 0.211. The summed E-state index contributed by atoms with van der Waals surface area (Å²) < 4.78 is 0. The van der Waals surface area contributed by atoms with Crippen LogP contribution < -0.4 is 5.32 Å². The smallest absolute Gasteiger partial charge is 0.0587 e. The normalized spacial score (nSPS) is 18.1. The minimum absolute atomic E-state index is 0.211. The lowest BCUT2D eigenvalue weighted by atomic mass is 9.85. The van der Waals surface area contributed by atoms with Gasteiger partial charge in [0.15, 0.2) is 0 Å². The van der Waals surface area contributed by atoms with Crippen LogP contribution in [0.15, 0.2) is 30.3 Å². The van der Waals surface area contributed by atoms with E-state index in [4.69, 9.17) is 0 Å². The molecule has 1 aromatic carbocycles.